The number of halogens is 1. The summed E-state index contributed by atoms with van der Waals surface area (Å²) in [4.78, 5) is 16.2. The van der Waals surface area contributed by atoms with Gasteiger partial charge >= 0.3 is 5.97 Å². The summed E-state index contributed by atoms with van der Waals surface area (Å²) in [6, 6.07) is 13.9. The van der Waals surface area contributed by atoms with Gasteiger partial charge in [-0.2, -0.15) is 0 Å². The van der Waals surface area contributed by atoms with Gasteiger partial charge in [-0.3, -0.25) is 0 Å². The second-order valence-electron chi connectivity index (χ2n) is 5.58. The van der Waals surface area contributed by atoms with Crippen molar-refractivity contribution in [1.29, 1.82) is 0 Å². The van der Waals surface area contributed by atoms with E-state index in [0.717, 1.165) is 21.3 Å². The molecule has 0 saturated heterocycles. The average Bonchev–Trinajstić information content (AvgIpc) is 2.87. The van der Waals surface area contributed by atoms with Crippen molar-refractivity contribution in [3.05, 3.63) is 69.2 Å². The normalized spacial score (nSPS) is 15.4. The Kier molecular flexibility index (Phi) is 4.81. The summed E-state index contributed by atoms with van der Waals surface area (Å²) >= 11 is 3.51. The molecule has 2 aromatic rings. The first-order chi connectivity index (χ1) is 11.5. The zero-order valence-corrected chi connectivity index (χ0v) is 15.0. The van der Waals surface area contributed by atoms with E-state index in [1.165, 1.54) is 5.56 Å². The van der Waals surface area contributed by atoms with Gasteiger partial charge in [-0.05, 0) is 59.1 Å². The molecule has 0 amide bonds. The van der Waals surface area contributed by atoms with Crippen LogP contribution in [0.25, 0.3) is 6.08 Å². The van der Waals surface area contributed by atoms with Gasteiger partial charge in [-0.15, -0.1) is 0 Å². The first-order valence-corrected chi connectivity index (χ1v) is 8.28. The van der Waals surface area contributed by atoms with Crippen molar-refractivity contribution in [3.8, 4) is 5.75 Å². The van der Waals surface area contributed by atoms with Gasteiger partial charge in [0.15, 0.2) is 0 Å². The van der Waals surface area contributed by atoms with Crippen LogP contribution in [-0.4, -0.2) is 11.7 Å². The summed E-state index contributed by atoms with van der Waals surface area (Å²) in [6.07, 6.45) is 1.75. The maximum absolute atomic E-state index is 11.6. The third kappa shape index (κ3) is 3.74. The van der Waals surface area contributed by atoms with E-state index < -0.39 is 5.97 Å². The SMILES string of the molecule is CC1=NOC(=O)/C1=C/c1ccc(OCc2ccc(C)cc2)c(Br)c1. The quantitative estimate of drug-likeness (QED) is 0.568. The van der Waals surface area contributed by atoms with E-state index in [1.54, 1.807) is 13.0 Å². The molecular weight excluding hydrogens is 370 g/mol. The smallest absolute Gasteiger partial charge is 0.367 e. The molecule has 0 N–H and O–H groups in total. The fourth-order valence-corrected chi connectivity index (χ4v) is 2.77. The highest BCUT2D eigenvalue weighted by Gasteiger charge is 2.21. The second-order valence-corrected chi connectivity index (χ2v) is 6.43. The number of nitrogens with zero attached hydrogens (tertiary/aromatic N) is 1. The molecule has 0 saturated carbocycles. The second kappa shape index (κ2) is 7.01. The average molecular weight is 386 g/mol. The zero-order chi connectivity index (χ0) is 17.1. The minimum Gasteiger partial charge on any atom is -0.488 e. The van der Waals surface area contributed by atoms with Gasteiger partial charge in [0.05, 0.1) is 15.8 Å². The van der Waals surface area contributed by atoms with Gasteiger partial charge in [0, 0.05) is 0 Å². The Morgan fingerprint density at radius 3 is 2.54 bits per heavy atom. The Morgan fingerprint density at radius 2 is 1.92 bits per heavy atom. The number of benzene rings is 2. The van der Waals surface area contributed by atoms with Crippen LogP contribution in [0.4, 0.5) is 0 Å². The van der Waals surface area contributed by atoms with Crippen LogP contribution >= 0.6 is 15.9 Å². The van der Waals surface area contributed by atoms with Crippen LogP contribution in [0, 0.1) is 6.92 Å². The van der Waals surface area contributed by atoms with Crippen LogP contribution in [0.2, 0.25) is 0 Å². The van der Waals surface area contributed by atoms with E-state index in [2.05, 4.69) is 57.1 Å². The summed E-state index contributed by atoms with van der Waals surface area (Å²) < 4.78 is 6.67. The summed E-state index contributed by atoms with van der Waals surface area (Å²) in [7, 11) is 0. The fraction of sp³-hybridized carbons (Fsp3) is 0.158. The molecule has 5 heteroatoms. The van der Waals surface area contributed by atoms with E-state index in [4.69, 9.17) is 4.74 Å². The van der Waals surface area contributed by atoms with Crippen LogP contribution in [-0.2, 0) is 16.2 Å². The van der Waals surface area contributed by atoms with E-state index in [9.17, 15) is 4.79 Å². The minimum absolute atomic E-state index is 0.427. The number of hydrogen-bond donors (Lipinski definition) is 0. The number of carbonyl (C=O) groups is 1. The summed E-state index contributed by atoms with van der Waals surface area (Å²) in [5.41, 5.74) is 4.25. The number of carbonyl (C=O) groups excluding carboxylic acids is 1. The topological polar surface area (TPSA) is 47.9 Å². The number of ether oxygens (including phenoxy) is 1. The fourth-order valence-electron chi connectivity index (χ4n) is 2.26. The zero-order valence-electron chi connectivity index (χ0n) is 13.4. The molecule has 1 heterocycles. The molecule has 0 radical (unpaired) electrons. The van der Waals surface area contributed by atoms with E-state index in [-0.39, 0.29) is 0 Å². The van der Waals surface area contributed by atoms with Crippen molar-refractivity contribution in [2.75, 3.05) is 0 Å². The van der Waals surface area contributed by atoms with Crippen molar-refractivity contribution < 1.29 is 14.4 Å². The van der Waals surface area contributed by atoms with Gasteiger partial charge in [0.2, 0.25) is 0 Å². The number of rotatable bonds is 4. The molecule has 0 unspecified atom stereocenters. The van der Waals surface area contributed by atoms with Crippen LogP contribution in [0.15, 0.2) is 57.7 Å². The highest BCUT2D eigenvalue weighted by Crippen LogP contribution is 2.28. The first kappa shape index (κ1) is 16.5. The number of hydrogen-bond acceptors (Lipinski definition) is 4. The van der Waals surface area contributed by atoms with E-state index in [0.29, 0.717) is 17.9 Å². The molecule has 0 aromatic heterocycles. The van der Waals surface area contributed by atoms with Crippen molar-refractivity contribution in [1.82, 2.24) is 0 Å². The summed E-state index contributed by atoms with van der Waals surface area (Å²) in [5.74, 6) is 0.320. The Bertz CT molecular complexity index is 838. The molecular formula is C19H16BrNO3. The Labute approximate surface area is 148 Å². The lowest BCUT2D eigenvalue weighted by Crippen LogP contribution is -2.01. The van der Waals surface area contributed by atoms with Crippen molar-refractivity contribution in [3.63, 3.8) is 0 Å². The predicted molar refractivity (Wildman–Crippen MR) is 96.8 cm³/mol. The Morgan fingerprint density at radius 1 is 1.17 bits per heavy atom. The van der Waals surface area contributed by atoms with Crippen molar-refractivity contribution in [2.45, 2.75) is 20.5 Å². The maximum Gasteiger partial charge on any atom is 0.367 e. The molecule has 24 heavy (non-hydrogen) atoms. The summed E-state index contributed by atoms with van der Waals surface area (Å²) in [5, 5.41) is 3.67. The lowest BCUT2D eigenvalue weighted by atomic mass is 10.1. The lowest BCUT2D eigenvalue weighted by molar-refractivity contribution is -0.136. The molecule has 0 spiro atoms. The van der Waals surface area contributed by atoms with Gasteiger partial charge < -0.3 is 9.57 Å². The summed E-state index contributed by atoms with van der Waals surface area (Å²) in [6.45, 7) is 4.29. The van der Waals surface area contributed by atoms with E-state index in [1.807, 2.05) is 18.2 Å². The standard InChI is InChI=1S/C19H16BrNO3/c1-12-3-5-14(6-4-12)11-23-18-8-7-15(10-17(18)20)9-16-13(2)21-24-19(16)22/h3-10H,11H2,1-2H3/b16-9+. The number of oxime groups is 1. The third-order valence-electron chi connectivity index (χ3n) is 3.66. The van der Waals surface area contributed by atoms with E-state index >= 15 is 0 Å². The first-order valence-electron chi connectivity index (χ1n) is 7.49. The molecule has 1 aliphatic heterocycles. The molecule has 1 aliphatic rings. The Hall–Kier alpha value is -2.40. The van der Waals surface area contributed by atoms with Crippen molar-refractivity contribution >= 4 is 33.7 Å². The van der Waals surface area contributed by atoms with Gasteiger partial charge in [0.25, 0.3) is 0 Å². The molecule has 0 aliphatic carbocycles. The van der Waals surface area contributed by atoms with Gasteiger partial charge in [0.1, 0.15) is 12.4 Å². The molecule has 4 nitrogen and oxygen atoms in total. The maximum atomic E-state index is 11.6. The molecule has 122 valence electrons. The van der Waals surface area contributed by atoms with Crippen LogP contribution < -0.4 is 4.74 Å². The Balaban J connectivity index is 1.73. The number of aryl methyl sites for hydroxylation is 1. The van der Waals surface area contributed by atoms with Crippen molar-refractivity contribution in [2.24, 2.45) is 5.16 Å². The minimum atomic E-state index is -0.427. The largest absolute Gasteiger partial charge is 0.488 e. The highest BCUT2D eigenvalue weighted by molar-refractivity contribution is 9.10. The van der Waals surface area contributed by atoms with Gasteiger partial charge in [-0.1, -0.05) is 41.1 Å². The van der Waals surface area contributed by atoms with Gasteiger partial charge in [-0.25, -0.2) is 4.79 Å². The molecule has 0 bridgehead atoms. The van der Waals surface area contributed by atoms with Crippen LogP contribution in [0.1, 0.15) is 23.6 Å². The molecule has 0 fully saturated rings. The predicted octanol–water partition coefficient (Wildman–Crippen LogP) is 4.65. The highest BCUT2D eigenvalue weighted by atomic mass is 79.9. The molecule has 0 atom stereocenters. The van der Waals surface area contributed by atoms with Crippen LogP contribution in [0.3, 0.4) is 0 Å². The molecule has 3 rings (SSSR count). The monoisotopic (exact) mass is 385 g/mol. The molecule has 2 aromatic carbocycles. The van der Waals surface area contributed by atoms with Crippen LogP contribution in [0.5, 0.6) is 5.75 Å². The lowest BCUT2D eigenvalue weighted by Gasteiger charge is -2.09. The third-order valence-corrected chi connectivity index (χ3v) is 4.28.